The summed E-state index contributed by atoms with van der Waals surface area (Å²) in [5, 5.41) is 3.59. The van der Waals surface area contributed by atoms with Crippen LogP contribution in [0.15, 0.2) is 41.3 Å². The molecule has 2 aromatic carbocycles. The van der Waals surface area contributed by atoms with E-state index in [1.54, 1.807) is 11.8 Å². The number of rotatable bonds is 5. The van der Waals surface area contributed by atoms with Gasteiger partial charge in [0, 0.05) is 4.90 Å². The number of aromatic nitrogens is 1. The molecule has 1 aromatic heterocycles. The summed E-state index contributed by atoms with van der Waals surface area (Å²) < 4.78 is 1.11. The van der Waals surface area contributed by atoms with Crippen LogP contribution in [0.25, 0.3) is 10.2 Å². The number of carbonyl (C=O) groups excluding carboxylic acids is 1. The van der Waals surface area contributed by atoms with E-state index in [-0.39, 0.29) is 5.91 Å². The van der Waals surface area contributed by atoms with Crippen molar-refractivity contribution in [2.45, 2.75) is 32.1 Å². The zero-order valence-electron chi connectivity index (χ0n) is 14.1. The van der Waals surface area contributed by atoms with Crippen molar-refractivity contribution in [1.82, 2.24) is 4.98 Å². The van der Waals surface area contributed by atoms with Crippen LogP contribution in [0.4, 0.5) is 5.13 Å². The number of fused-ring (bicyclic) bond motifs is 1. The van der Waals surface area contributed by atoms with E-state index >= 15 is 0 Å². The van der Waals surface area contributed by atoms with Crippen molar-refractivity contribution in [1.29, 1.82) is 0 Å². The Labute approximate surface area is 150 Å². The lowest BCUT2D eigenvalue weighted by atomic mass is 10.1. The molecule has 0 aliphatic rings. The number of aryl methyl sites for hydroxylation is 2. The molecule has 1 N–H and O–H groups in total. The van der Waals surface area contributed by atoms with Gasteiger partial charge in [-0.1, -0.05) is 30.4 Å². The number of hydrogen-bond donors (Lipinski definition) is 1. The molecule has 1 amide bonds. The minimum atomic E-state index is -0.0293. The second-order valence-electron chi connectivity index (χ2n) is 5.73. The molecule has 0 radical (unpaired) electrons. The topological polar surface area (TPSA) is 42.0 Å². The van der Waals surface area contributed by atoms with E-state index in [1.165, 1.54) is 27.4 Å². The largest absolute Gasteiger partial charge is 0.302 e. The van der Waals surface area contributed by atoms with Crippen LogP contribution in [-0.4, -0.2) is 16.6 Å². The number of benzene rings is 2. The summed E-state index contributed by atoms with van der Waals surface area (Å²) in [4.78, 5) is 18.0. The Hall–Kier alpha value is -1.85. The standard InChI is InChI=1S/C19H20N2OS2/c1-4-23-15-7-5-14(6-8-15)11-18(22)21-19-20-16-9-12(2)13(3)10-17(16)24-19/h5-10H,4,11H2,1-3H3,(H,20,21,22). The van der Waals surface area contributed by atoms with Crippen LogP contribution >= 0.6 is 23.1 Å². The van der Waals surface area contributed by atoms with Gasteiger partial charge in [-0.2, -0.15) is 0 Å². The number of hydrogen-bond acceptors (Lipinski definition) is 4. The van der Waals surface area contributed by atoms with Gasteiger partial charge < -0.3 is 5.32 Å². The summed E-state index contributed by atoms with van der Waals surface area (Å²) in [5.74, 6) is 1.02. The first-order valence-corrected chi connectivity index (χ1v) is 9.74. The van der Waals surface area contributed by atoms with Crippen molar-refractivity contribution in [2.24, 2.45) is 0 Å². The van der Waals surface area contributed by atoms with Crippen LogP contribution in [0.3, 0.4) is 0 Å². The lowest BCUT2D eigenvalue weighted by Gasteiger charge is -2.03. The van der Waals surface area contributed by atoms with E-state index in [1.807, 2.05) is 12.1 Å². The Balaban J connectivity index is 1.68. The molecule has 0 spiro atoms. The first-order chi connectivity index (χ1) is 11.5. The van der Waals surface area contributed by atoms with Crippen molar-refractivity contribution < 1.29 is 4.79 Å². The van der Waals surface area contributed by atoms with Crippen molar-refractivity contribution in [2.75, 3.05) is 11.1 Å². The van der Waals surface area contributed by atoms with E-state index in [4.69, 9.17) is 0 Å². The Bertz CT molecular complexity index is 830. The predicted octanol–water partition coefficient (Wildman–Crippen LogP) is 5.21. The molecular weight excluding hydrogens is 336 g/mol. The van der Waals surface area contributed by atoms with Gasteiger partial charge in [-0.3, -0.25) is 4.79 Å². The molecule has 3 rings (SSSR count). The fourth-order valence-electron chi connectivity index (χ4n) is 2.45. The van der Waals surface area contributed by atoms with Crippen LogP contribution in [0.5, 0.6) is 0 Å². The third-order valence-corrected chi connectivity index (χ3v) is 5.68. The second kappa shape index (κ2) is 7.36. The van der Waals surface area contributed by atoms with Gasteiger partial charge in [0.2, 0.25) is 5.91 Å². The number of amides is 1. The summed E-state index contributed by atoms with van der Waals surface area (Å²) in [6, 6.07) is 12.4. The maximum atomic E-state index is 12.3. The van der Waals surface area contributed by atoms with E-state index < -0.39 is 0 Å². The summed E-state index contributed by atoms with van der Waals surface area (Å²) in [7, 11) is 0. The number of thioether (sulfide) groups is 1. The Kier molecular flexibility index (Phi) is 5.21. The Morgan fingerprint density at radius 3 is 2.58 bits per heavy atom. The maximum absolute atomic E-state index is 12.3. The highest BCUT2D eigenvalue weighted by Gasteiger charge is 2.10. The number of nitrogens with one attached hydrogen (secondary N) is 1. The minimum absolute atomic E-state index is 0.0293. The quantitative estimate of drug-likeness (QED) is 0.638. The van der Waals surface area contributed by atoms with Crippen LogP contribution < -0.4 is 5.32 Å². The molecule has 0 saturated heterocycles. The SMILES string of the molecule is CCSc1ccc(CC(=O)Nc2nc3cc(C)c(C)cc3s2)cc1. The normalized spacial score (nSPS) is 11.0. The first kappa shape index (κ1) is 17.0. The highest BCUT2D eigenvalue weighted by atomic mass is 32.2. The van der Waals surface area contributed by atoms with Crippen molar-refractivity contribution in [3.8, 4) is 0 Å². The van der Waals surface area contributed by atoms with Crippen molar-refractivity contribution >= 4 is 44.4 Å². The van der Waals surface area contributed by atoms with Gasteiger partial charge in [-0.25, -0.2) is 4.98 Å². The molecule has 0 unspecified atom stereocenters. The van der Waals surface area contributed by atoms with Crippen molar-refractivity contribution in [3.05, 3.63) is 53.1 Å². The van der Waals surface area contributed by atoms with E-state index in [0.29, 0.717) is 11.6 Å². The predicted molar refractivity (Wildman–Crippen MR) is 104 cm³/mol. The lowest BCUT2D eigenvalue weighted by Crippen LogP contribution is -2.14. The highest BCUT2D eigenvalue weighted by molar-refractivity contribution is 7.99. The van der Waals surface area contributed by atoms with E-state index in [2.05, 4.69) is 55.3 Å². The monoisotopic (exact) mass is 356 g/mol. The molecular formula is C19H20N2OS2. The summed E-state index contributed by atoms with van der Waals surface area (Å²) in [6.45, 7) is 6.30. The second-order valence-corrected chi connectivity index (χ2v) is 8.09. The molecule has 124 valence electrons. The van der Waals surface area contributed by atoms with Gasteiger partial charge in [-0.15, -0.1) is 11.8 Å². The molecule has 3 aromatic rings. The van der Waals surface area contributed by atoms with Gasteiger partial charge in [-0.05, 0) is 60.6 Å². The average molecular weight is 357 g/mol. The van der Waals surface area contributed by atoms with Crippen LogP contribution in [0.2, 0.25) is 0 Å². The number of anilines is 1. The number of thiazole rings is 1. The molecule has 0 aliphatic carbocycles. The highest BCUT2D eigenvalue weighted by Crippen LogP contribution is 2.28. The fraction of sp³-hybridized carbons (Fsp3) is 0.263. The van der Waals surface area contributed by atoms with Gasteiger partial charge in [0.05, 0.1) is 16.6 Å². The summed E-state index contributed by atoms with van der Waals surface area (Å²) in [6.07, 6.45) is 0.366. The lowest BCUT2D eigenvalue weighted by molar-refractivity contribution is -0.115. The fourth-order valence-corrected chi connectivity index (χ4v) is 4.08. The maximum Gasteiger partial charge on any atom is 0.230 e. The van der Waals surface area contributed by atoms with Gasteiger partial charge in [0.15, 0.2) is 5.13 Å². The third-order valence-electron chi connectivity index (χ3n) is 3.85. The van der Waals surface area contributed by atoms with Crippen molar-refractivity contribution in [3.63, 3.8) is 0 Å². The minimum Gasteiger partial charge on any atom is -0.302 e. The van der Waals surface area contributed by atoms with Crippen LogP contribution in [0, 0.1) is 13.8 Å². The molecule has 0 atom stereocenters. The van der Waals surface area contributed by atoms with E-state index in [0.717, 1.165) is 21.5 Å². The molecule has 3 nitrogen and oxygen atoms in total. The molecule has 0 saturated carbocycles. The number of nitrogens with zero attached hydrogens (tertiary/aromatic N) is 1. The van der Waals surface area contributed by atoms with Crippen LogP contribution in [0.1, 0.15) is 23.6 Å². The molecule has 5 heteroatoms. The van der Waals surface area contributed by atoms with Crippen LogP contribution in [-0.2, 0) is 11.2 Å². The zero-order valence-corrected chi connectivity index (χ0v) is 15.7. The van der Waals surface area contributed by atoms with Gasteiger partial charge >= 0.3 is 0 Å². The molecule has 24 heavy (non-hydrogen) atoms. The average Bonchev–Trinajstić information content (AvgIpc) is 2.91. The Morgan fingerprint density at radius 1 is 1.17 bits per heavy atom. The molecule has 1 heterocycles. The summed E-state index contributed by atoms with van der Waals surface area (Å²) >= 11 is 3.32. The zero-order chi connectivity index (χ0) is 17.1. The van der Waals surface area contributed by atoms with Gasteiger partial charge in [0.1, 0.15) is 0 Å². The molecule has 0 bridgehead atoms. The smallest absolute Gasteiger partial charge is 0.230 e. The Morgan fingerprint density at radius 2 is 1.88 bits per heavy atom. The van der Waals surface area contributed by atoms with Gasteiger partial charge in [0.25, 0.3) is 0 Å². The first-order valence-electron chi connectivity index (χ1n) is 7.94. The molecule has 0 fully saturated rings. The summed E-state index contributed by atoms with van der Waals surface area (Å²) in [5.41, 5.74) is 4.42. The molecule has 0 aliphatic heterocycles. The van der Waals surface area contributed by atoms with E-state index in [9.17, 15) is 4.79 Å². The third kappa shape index (κ3) is 3.97. The number of carbonyl (C=O) groups is 1.